The number of hydrogen-bond acceptors (Lipinski definition) is 2. The van der Waals surface area contributed by atoms with Crippen molar-refractivity contribution in [3.63, 3.8) is 0 Å². The molecule has 0 spiro atoms. The fourth-order valence-electron chi connectivity index (χ4n) is 1.67. The van der Waals surface area contributed by atoms with E-state index in [0.717, 1.165) is 0 Å². The molecular formula is C9H19ClN2. The number of rotatable bonds is 2. The third-order valence-corrected chi connectivity index (χ3v) is 2.32. The van der Waals surface area contributed by atoms with Crippen LogP contribution in [0.25, 0.3) is 0 Å². The molecule has 2 N–H and O–H groups in total. The minimum absolute atomic E-state index is 0. The summed E-state index contributed by atoms with van der Waals surface area (Å²) in [7, 11) is 0. The number of hydrazine groups is 1. The van der Waals surface area contributed by atoms with Gasteiger partial charge in [0.05, 0.1) is 0 Å². The Morgan fingerprint density at radius 1 is 1.25 bits per heavy atom. The quantitative estimate of drug-likeness (QED) is 0.536. The van der Waals surface area contributed by atoms with Crippen molar-refractivity contribution in [2.24, 2.45) is 5.84 Å². The van der Waals surface area contributed by atoms with E-state index in [1.54, 1.807) is 0 Å². The van der Waals surface area contributed by atoms with Gasteiger partial charge < -0.3 is 5.01 Å². The Balaban J connectivity index is 0.00000121. The van der Waals surface area contributed by atoms with Gasteiger partial charge in [-0.25, -0.2) is 5.84 Å². The highest BCUT2D eigenvalue weighted by Gasteiger charge is 2.15. The predicted octanol–water partition coefficient (Wildman–Crippen LogP) is 2.45. The van der Waals surface area contributed by atoms with E-state index in [-0.39, 0.29) is 12.4 Å². The second-order valence-electron chi connectivity index (χ2n) is 3.22. The molecule has 0 atom stereocenters. The van der Waals surface area contributed by atoms with Gasteiger partial charge in [-0.3, -0.25) is 0 Å². The van der Waals surface area contributed by atoms with Crippen LogP contribution in [0.4, 0.5) is 0 Å². The van der Waals surface area contributed by atoms with E-state index in [1.807, 2.05) is 24.2 Å². The van der Waals surface area contributed by atoms with Crippen LogP contribution in [-0.2, 0) is 0 Å². The molecule has 1 saturated carbocycles. The van der Waals surface area contributed by atoms with Gasteiger partial charge in [-0.15, -0.1) is 12.4 Å². The van der Waals surface area contributed by atoms with Crippen LogP contribution >= 0.6 is 12.4 Å². The van der Waals surface area contributed by atoms with Gasteiger partial charge in [-0.1, -0.05) is 25.3 Å². The van der Waals surface area contributed by atoms with Crippen LogP contribution in [0.15, 0.2) is 12.3 Å². The van der Waals surface area contributed by atoms with Crippen LogP contribution in [0.1, 0.15) is 39.0 Å². The van der Waals surface area contributed by atoms with Gasteiger partial charge in [0.2, 0.25) is 0 Å². The standard InChI is InChI=1S/C9H18N2.ClH/c1-2-8-11(10)9-6-4-3-5-7-9;/h2,8-9H,3-7,10H2,1H3;1H. The Bertz CT molecular complexity index is 130. The minimum atomic E-state index is 0. The topological polar surface area (TPSA) is 29.3 Å². The van der Waals surface area contributed by atoms with Gasteiger partial charge in [0.15, 0.2) is 0 Å². The van der Waals surface area contributed by atoms with Gasteiger partial charge in [-0.2, -0.15) is 0 Å². The van der Waals surface area contributed by atoms with Crippen molar-refractivity contribution in [1.82, 2.24) is 5.01 Å². The van der Waals surface area contributed by atoms with E-state index in [4.69, 9.17) is 5.84 Å². The fourth-order valence-corrected chi connectivity index (χ4v) is 1.67. The molecule has 0 unspecified atom stereocenters. The smallest absolute Gasteiger partial charge is 0.0445 e. The summed E-state index contributed by atoms with van der Waals surface area (Å²) in [4.78, 5) is 0. The lowest BCUT2D eigenvalue weighted by atomic mass is 9.95. The van der Waals surface area contributed by atoms with Crippen molar-refractivity contribution in [2.45, 2.75) is 45.1 Å². The summed E-state index contributed by atoms with van der Waals surface area (Å²) in [6.45, 7) is 2.00. The Morgan fingerprint density at radius 3 is 2.33 bits per heavy atom. The molecule has 0 aromatic carbocycles. The molecule has 0 aromatic rings. The lowest BCUT2D eigenvalue weighted by Crippen LogP contribution is -2.37. The molecule has 0 amide bonds. The molecule has 12 heavy (non-hydrogen) atoms. The third-order valence-electron chi connectivity index (χ3n) is 2.32. The summed E-state index contributed by atoms with van der Waals surface area (Å²) < 4.78 is 0. The maximum Gasteiger partial charge on any atom is 0.0445 e. The zero-order valence-electron chi connectivity index (χ0n) is 7.70. The van der Waals surface area contributed by atoms with E-state index in [0.29, 0.717) is 6.04 Å². The highest BCUT2D eigenvalue weighted by molar-refractivity contribution is 5.85. The number of allylic oxidation sites excluding steroid dienone is 1. The Kier molecular flexibility index (Phi) is 6.21. The second-order valence-corrected chi connectivity index (χ2v) is 3.22. The number of nitrogens with two attached hydrogens (primary N) is 1. The van der Waals surface area contributed by atoms with Crippen LogP contribution in [0.2, 0.25) is 0 Å². The van der Waals surface area contributed by atoms with E-state index in [9.17, 15) is 0 Å². The monoisotopic (exact) mass is 190 g/mol. The summed E-state index contributed by atoms with van der Waals surface area (Å²) in [6, 6.07) is 0.597. The maximum absolute atomic E-state index is 5.81. The normalized spacial score (nSPS) is 19.2. The van der Waals surface area contributed by atoms with Gasteiger partial charge in [0.25, 0.3) is 0 Å². The van der Waals surface area contributed by atoms with Gasteiger partial charge in [0.1, 0.15) is 0 Å². The van der Waals surface area contributed by atoms with E-state index < -0.39 is 0 Å². The molecule has 0 saturated heterocycles. The van der Waals surface area contributed by atoms with E-state index in [2.05, 4.69) is 0 Å². The average molecular weight is 191 g/mol. The van der Waals surface area contributed by atoms with Crippen molar-refractivity contribution < 1.29 is 0 Å². The first-order valence-corrected chi connectivity index (χ1v) is 4.50. The lowest BCUT2D eigenvalue weighted by molar-refractivity contribution is 0.222. The number of halogens is 1. The molecule has 0 bridgehead atoms. The van der Waals surface area contributed by atoms with Gasteiger partial charge in [0, 0.05) is 12.2 Å². The first kappa shape index (κ1) is 11.8. The number of hydrogen-bond donors (Lipinski definition) is 1. The molecule has 1 aliphatic rings. The van der Waals surface area contributed by atoms with Crippen LogP contribution in [-0.4, -0.2) is 11.1 Å². The van der Waals surface area contributed by atoms with E-state index in [1.165, 1.54) is 32.1 Å². The van der Waals surface area contributed by atoms with Crippen molar-refractivity contribution in [3.8, 4) is 0 Å². The number of nitrogens with zero attached hydrogens (tertiary/aromatic N) is 1. The third kappa shape index (κ3) is 3.46. The molecule has 0 aliphatic heterocycles. The molecule has 72 valence electrons. The Hall–Kier alpha value is -0.210. The Morgan fingerprint density at radius 2 is 1.83 bits per heavy atom. The highest BCUT2D eigenvalue weighted by atomic mass is 35.5. The molecule has 2 nitrogen and oxygen atoms in total. The van der Waals surface area contributed by atoms with Crippen molar-refractivity contribution in [1.29, 1.82) is 0 Å². The van der Waals surface area contributed by atoms with Crippen LogP contribution in [0, 0.1) is 0 Å². The fraction of sp³-hybridized carbons (Fsp3) is 0.778. The molecule has 1 aliphatic carbocycles. The molecule has 3 heteroatoms. The van der Waals surface area contributed by atoms with Gasteiger partial charge >= 0.3 is 0 Å². The van der Waals surface area contributed by atoms with E-state index >= 15 is 0 Å². The van der Waals surface area contributed by atoms with Crippen LogP contribution in [0.3, 0.4) is 0 Å². The minimum Gasteiger partial charge on any atom is -0.316 e. The van der Waals surface area contributed by atoms with Gasteiger partial charge in [-0.05, 0) is 19.8 Å². The largest absolute Gasteiger partial charge is 0.316 e. The molecule has 0 radical (unpaired) electrons. The first-order valence-electron chi connectivity index (χ1n) is 4.50. The molecular weight excluding hydrogens is 172 g/mol. The molecule has 0 aromatic heterocycles. The summed E-state index contributed by atoms with van der Waals surface area (Å²) >= 11 is 0. The van der Waals surface area contributed by atoms with Crippen molar-refractivity contribution in [2.75, 3.05) is 0 Å². The maximum atomic E-state index is 5.81. The van der Waals surface area contributed by atoms with Crippen molar-refractivity contribution in [3.05, 3.63) is 12.3 Å². The van der Waals surface area contributed by atoms with Crippen LogP contribution < -0.4 is 5.84 Å². The highest BCUT2D eigenvalue weighted by Crippen LogP contribution is 2.20. The lowest BCUT2D eigenvalue weighted by Gasteiger charge is -2.29. The zero-order chi connectivity index (χ0) is 8.10. The zero-order valence-corrected chi connectivity index (χ0v) is 8.52. The summed E-state index contributed by atoms with van der Waals surface area (Å²) in [6.07, 6.45) is 10.6. The average Bonchev–Trinajstić information content (AvgIpc) is 2.07. The summed E-state index contributed by atoms with van der Waals surface area (Å²) in [5, 5.41) is 1.86. The van der Waals surface area contributed by atoms with Crippen molar-refractivity contribution >= 4 is 12.4 Å². The summed E-state index contributed by atoms with van der Waals surface area (Å²) in [5.41, 5.74) is 0. The SMILES string of the molecule is CC=CN(N)C1CCCCC1.Cl. The Labute approximate surface area is 81.2 Å². The molecule has 1 rings (SSSR count). The first-order chi connectivity index (χ1) is 5.34. The summed E-state index contributed by atoms with van der Waals surface area (Å²) in [5.74, 6) is 5.81. The predicted molar refractivity (Wildman–Crippen MR) is 55.0 cm³/mol. The van der Waals surface area contributed by atoms with Crippen LogP contribution in [0.5, 0.6) is 0 Å². The molecule has 1 fully saturated rings. The second kappa shape index (κ2) is 6.32. The molecule has 0 heterocycles.